The van der Waals surface area contributed by atoms with Crippen molar-refractivity contribution in [2.24, 2.45) is 5.73 Å². The molecule has 0 aliphatic heterocycles. The zero-order valence-electron chi connectivity index (χ0n) is 7.30. The lowest BCUT2D eigenvalue weighted by Crippen LogP contribution is -1.99. The Kier molecular flexibility index (Phi) is 2.85. The number of nitrogens with zero attached hydrogens (tertiary/aromatic N) is 1. The molecule has 14 heavy (non-hydrogen) atoms. The van der Waals surface area contributed by atoms with Crippen molar-refractivity contribution < 1.29 is 0 Å². The first-order chi connectivity index (χ1) is 6.70. The van der Waals surface area contributed by atoms with Crippen LogP contribution in [0, 0.1) is 0 Å². The minimum absolute atomic E-state index is 0.471. The molecule has 2 nitrogen and oxygen atoms in total. The number of fused-ring (bicyclic) bond motifs is 1. The molecule has 0 fully saturated rings. The maximum atomic E-state index is 5.53. The Balaban J connectivity index is 2.75. The molecule has 1 aromatic heterocycles. The van der Waals surface area contributed by atoms with Gasteiger partial charge in [-0.15, -0.1) is 0 Å². The maximum absolute atomic E-state index is 5.53. The van der Waals surface area contributed by atoms with Crippen molar-refractivity contribution in [3.05, 3.63) is 38.9 Å². The average Bonchev–Trinajstić information content (AvgIpc) is 2.17. The van der Waals surface area contributed by atoms with Crippen LogP contribution in [0.5, 0.6) is 0 Å². The molecule has 0 aliphatic rings. The fraction of sp³-hybridized carbons (Fsp3) is 0.100. The van der Waals surface area contributed by atoms with Gasteiger partial charge in [0.25, 0.3) is 0 Å². The topological polar surface area (TPSA) is 38.9 Å². The molecule has 0 saturated heterocycles. The van der Waals surface area contributed by atoms with Gasteiger partial charge in [0.15, 0.2) is 0 Å². The van der Waals surface area contributed by atoms with Gasteiger partial charge in [-0.3, -0.25) is 4.98 Å². The average molecular weight is 316 g/mol. The van der Waals surface area contributed by atoms with Crippen LogP contribution in [0.4, 0.5) is 0 Å². The number of benzene rings is 1. The first-order valence-corrected chi connectivity index (χ1v) is 5.74. The first-order valence-electron chi connectivity index (χ1n) is 4.15. The third kappa shape index (κ3) is 1.82. The van der Waals surface area contributed by atoms with Crippen LogP contribution in [0.3, 0.4) is 0 Å². The standard InChI is InChI=1S/C10H8Br2N2/c11-7-3-6-1-2-8(5-13)14-10(6)9(12)4-7/h1-4H,5,13H2. The van der Waals surface area contributed by atoms with Crippen molar-refractivity contribution in [3.8, 4) is 0 Å². The lowest BCUT2D eigenvalue weighted by Gasteiger charge is -2.03. The fourth-order valence-corrected chi connectivity index (χ4v) is 2.66. The fourth-order valence-electron chi connectivity index (χ4n) is 1.31. The predicted molar refractivity (Wildman–Crippen MR) is 65.0 cm³/mol. The highest BCUT2D eigenvalue weighted by Gasteiger charge is 2.02. The maximum Gasteiger partial charge on any atom is 0.0848 e. The second kappa shape index (κ2) is 3.96. The Morgan fingerprint density at radius 3 is 2.71 bits per heavy atom. The summed E-state index contributed by atoms with van der Waals surface area (Å²) in [6.07, 6.45) is 0. The normalized spacial score (nSPS) is 10.8. The number of hydrogen-bond acceptors (Lipinski definition) is 2. The van der Waals surface area contributed by atoms with Gasteiger partial charge >= 0.3 is 0 Å². The van der Waals surface area contributed by atoms with Crippen molar-refractivity contribution >= 4 is 42.8 Å². The number of pyridine rings is 1. The van der Waals surface area contributed by atoms with E-state index in [1.807, 2.05) is 24.3 Å². The van der Waals surface area contributed by atoms with Crippen molar-refractivity contribution in [2.75, 3.05) is 0 Å². The van der Waals surface area contributed by atoms with E-state index in [4.69, 9.17) is 5.73 Å². The number of halogens is 2. The number of aromatic nitrogens is 1. The predicted octanol–water partition coefficient (Wildman–Crippen LogP) is 3.22. The van der Waals surface area contributed by atoms with Crippen molar-refractivity contribution in [3.63, 3.8) is 0 Å². The lowest BCUT2D eigenvalue weighted by atomic mass is 10.2. The quantitative estimate of drug-likeness (QED) is 0.877. The molecule has 1 heterocycles. The van der Waals surface area contributed by atoms with Crippen LogP contribution in [0.2, 0.25) is 0 Å². The summed E-state index contributed by atoms with van der Waals surface area (Å²) in [4.78, 5) is 4.44. The Morgan fingerprint density at radius 2 is 2.00 bits per heavy atom. The minimum atomic E-state index is 0.471. The van der Waals surface area contributed by atoms with E-state index >= 15 is 0 Å². The summed E-state index contributed by atoms with van der Waals surface area (Å²) in [6.45, 7) is 0.471. The van der Waals surface area contributed by atoms with Gasteiger partial charge in [-0.2, -0.15) is 0 Å². The lowest BCUT2D eigenvalue weighted by molar-refractivity contribution is 1.01. The molecule has 72 valence electrons. The van der Waals surface area contributed by atoms with E-state index in [1.54, 1.807) is 0 Å². The molecule has 0 aliphatic carbocycles. The van der Waals surface area contributed by atoms with Crippen LogP contribution >= 0.6 is 31.9 Å². The van der Waals surface area contributed by atoms with E-state index in [9.17, 15) is 0 Å². The van der Waals surface area contributed by atoms with E-state index in [0.29, 0.717) is 6.54 Å². The Labute approximate surface area is 98.8 Å². The van der Waals surface area contributed by atoms with E-state index in [1.165, 1.54) is 0 Å². The summed E-state index contributed by atoms with van der Waals surface area (Å²) in [5, 5.41) is 1.10. The smallest absolute Gasteiger partial charge is 0.0848 e. The van der Waals surface area contributed by atoms with Crippen LogP contribution in [0.15, 0.2) is 33.2 Å². The molecule has 0 bridgehead atoms. The second-order valence-corrected chi connectivity index (χ2v) is 4.74. The summed E-state index contributed by atoms with van der Waals surface area (Å²) >= 11 is 6.91. The van der Waals surface area contributed by atoms with Crippen LogP contribution in [-0.2, 0) is 6.54 Å². The highest BCUT2D eigenvalue weighted by Crippen LogP contribution is 2.27. The van der Waals surface area contributed by atoms with E-state index < -0.39 is 0 Å². The molecule has 0 saturated carbocycles. The van der Waals surface area contributed by atoms with Crippen LogP contribution in [0.1, 0.15) is 5.69 Å². The summed E-state index contributed by atoms with van der Waals surface area (Å²) < 4.78 is 2.02. The summed E-state index contributed by atoms with van der Waals surface area (Å²) in [7, 11) is 0. The number of rotatable bonds is 1. The Morgan fingerprint density at radius 1 is 1.21 bits per heavy atom. The van der Waals surface area contributed by atoms with Gasteiger partial charge in [0, 0.05) is 20.9 Å². The van der Waals surface area contributed by atoms with Crippen LogP contribution < -0.4 is 5.73 Å². The SMILES string of the molecule is NCc1ccc2cc(Br)cc(Br)c2n1. The van der Waals surface area contributed by atoms with Crippen molar-refractivity contribution in [1.29, 1.82) is 0 Å². The van der Waals surface area contributed by atoms with Gasteiger partial charge in [-0.1, -0.05) is 22.0 Å². The second-order valence-electron chi connectivity index (χ2n) is 2.97. The molecule has 0 atom stereocenters. The molecular weight excluding hydrogens is 308 g/mol. The summed E-state index contributed by atoms with van der Waals surface area (Å²) in [6, 6.07) is 7.99. The monoisotopic (exact) mass is 314 g/mol. The Bertz CT molecular complexity index is 483. The van der Waals surface area contributed by atoms with Crippen molar-refractivity contribution in [1.82, 2.24) is 4.98 Å². The summed E-state index contributed by atoms with van der Waals surface area (Å²) in [5.41, 5.74) is 7.39. The van der Waals surface area contributed by atoms with Gasteiger partial charge < -0.3 is 5.73 Å². The molecular formula is C10H8Br2N2. The molecule has 1 aromatic carbocycles. The molecule has 0 spiro atoms. The molecule has 0 unspecified atom stereocenters. The molecule has 2 rings (SSSR count). The molecule has 0 amide bonds. The largest absolute Gasteiger partial charge is 0.325 e. The van der Waals surface area contributed by atoms with Gasteiger partial charge in [0.2, 0.25) is 0 Å². The van der Waals surface area contributed by atoms with E-state index in [0.717, 1.165) is 25.5 Å². The van der Waals surface area contributed by atoms with Crippen molar-refractivity contribution in [2.45, 2.75) is 6.54 Å². The van der Waals surface area contributed by atoms with E-state index in [-0.39, 0.29) is 0 Å². The summed E-state index contributed by atoms with van der Waals surface area (Å²) in [5.74, 6) is 0. The molecule has 4 heteroatoms. The minimum Gasteiger partial charge on any atom is -0.325 e. The zero-order chi connectivity index (χ0) is 10.1. The van der Waals surface area contributed by atoms with Gasteiger partial charge in [0.05, 0.1) is 11.2 Å². The number of nitrogens with two attached hydrogens (primary N) is 1. The molecule has 2 aromatic rings. The third-order valence-electron chi connectivity index (χ3n) is 1.98. The molecule has 0 radical (unpaired) electrons. The third-order valence-corrected chi connectivity index (χ3v) is 3.04. The Hall–Kier alpha value is -0.450. The number of hydrogen-bond donors (Lipinski definition) is 1. The molecule has 2 N–H and O–H groups in total. The van der Waals surface area contributed by atoms with E-state index in [2.05, 4.69) is 36.8 Å². The van der Waals surface area contributed by atoms with Crippen LogP contribution in [-0.4, -0.2) is 4.98 Å². The first kappa shape index (κ1) is 10.1. The zero-order valence-corrected chi connectivity index (χ0v) is 10.5. The highest BCUT2D eigenvalue weighted by molar-refractivity contribution is 9.11. The van der Waals surface area contributed by atoms with Gasteiger partial charge in [0.1, 0.15) is 0 Å². The van der Waals surface area contributed by atoms with Crippen LogP contribution in [0.25, 0.3) is 10.9 Å². The van der Waals surface area contributed by atoms with Gasteiger partial charge in [-0.25, -0.2) is 0 Å². The highest BCUT2D eigenvalue weighted by atomic mass is 79.9. The van der Waals surface area contributed by atoms with Gasteiger partial charge in [-0.05, 0) is 34.1 Å².